The minimum absolute atomic E-state index is 0.00726. The van der Waals surface area contributed by atoms with E-state index < -0.39 is 0 Å². The molecule has 0 radical (unpaired) electrons. The SMILES string of the molecule is CCCCCCC(C)OC(=O)C1COCC1N. The molecule has 1 aliphatic heterocycles. The second-order valence-electron chi connectivity index (χ2n) is 4.90. The largest absolute Gasteiger partial charge is 0.462 e. The Bertz CT molecular complexity index is 233. The van der Waals surface area contributed by atoms with Gasteiger partial charge in [0.05, 0.1) is 25.2 Å². The molecule has 2 N–H and O–H groups in total. The summed E-state index contributed by atoms with van der Waals surface area (Å²) in [4.78, 5) is 11.8. The number of unbranched alkanes of at least 4 members (excludes halogenated alkanes) is 3. The van der Waals surface area contributed by atoms with Crippen LogP contribution in [0.15, 0.2) is 0 Å². The molecule has 1 fully saturated rings. The number of esters is 1. The quantitative estimate of drug-likeness (QED) is 0.547. The molecule has 1 saturated heterocycles. The molecule has 17 heavy (non-hydrogen) atoms. The number of rotatable bonds is 7. The van der Waals surface area contributed by atoms with E-state index in [0.29, 0.717) is 13.2 Å². The minimum atomic E-state index is -0.270. The van der Waals surface area contributed by atoms with E-state index in [2.05, 4.69) is 6.92 Å². The van der Waals surface area contributed by atoms with Crippen LogP contribution in [0, 0.1) is 5.92 Å². The van der Waals surface area contributed by atoms with Gasteiger partial charge in [0.25, 0.3) is 0 Å². The second kappa shape index (κ2) is 7.67. The Kier molecular flexibility index (Phi) is 6.52. The Labute approximate surface area is 104 Å². The van der Waals surface area contributed by atoms with Crippen LogP contribution in [0.2, 0.25) is 0 Å². The summed E-state index contributed by atoms with van der Waals surface area (Å²) in [5.41, 5.74) is 5.77. The molecule has 0 amide bonds. The Morgan fingerprint density at radius 3 is 2.76 bits per heavy atom. The van der Waals surface area contributed by atoms with Gasteiger partial charge in [0.1, 0.15) is 0 Å². The second-order valence-corrected chi connectivity index (χ2v) is 4.90. The molecule has 3 atom stereocenters. The molecule has 0 aromatic rings. The van der Waals surface area contributed by atoms with Gasteiger partial charge in [-0.1, -0.05) is 26.2 Å². The van der Waals surface area contributed by atoms with Crippen LogP contribution in [0.4, 0.5) is 0 Å². The van der Waals surface area contributed by atoms with E-state index in [1.54, 1.807) is 0 Å². The lowest BCUT2D eigenvalue weighted by atomic mass is 10.1. The van der Waals surface area contributed by atoms with E-state index in [0.717, 1.165) is 12.8 Å². The zero-order valence-electron chi connectivity index (χ0n) is 11.0. The van der Waals surface area contributed by atoms with Gasteiger partial charge in [-0.2, -0.15) is 0 Å². The van der Waals surface area contributed by atoms with Gasteiger partial charge in [-0.05, 0) is 19.8 Å². The van der Waals surface area contributed by atoms with E-state index in [4.69, 9.17) is 15.2 Å². The van der Waals surface area contributed by atoms with Crippen molar-refractivity contribution in [2.45, 2.75) is 58.1 Å². The number of hydrogen-bond donors (Lipinski definition) is 1. The molecular formula is C13H25NO3. The lowest BCUT2D eigenvalue weighted by molar-refractivity contribution is -0.153. The highest BCUT2D eigenvalue weighted by Crippen LogP contribution is 2.16. The van der Waals surface area contributed by atoms with Crippen molar-refractivity contribution in [1.82, 2.24) is 0 Å². The molecule has 0 bridgehead atoms. The van der Waals surface area contributed by atoms with Crippen molar-refractivity contribution < 1.29 is 14.3 Å². The third-order valence-electron chi connectivity index (χ3n) is 3.21. The summed E-state index contributed by atoms with van der Waals surface area (Å²) in [6, 6.07) is -0.199. The summed E-state index contributed by atoms with van der Waals surface area (Å²) < 4.78 is 10.5. The summed E-state index contributed by atoms with van der Waals surface area (Å²) in [5.74, 6) is -0.467. The number of nitrogens with two attached hydrogens (primary N) is 1. The lowest BCUT2D eigenvalue weighted by Crippen LogP contribution is -2.36. The predicted octanol–water partition coefficient (Wildman–Crippen LogP) is 1.86. The fourth-order valence-corrected chi connectivity index (χ4v) is 2.02. The van der Waals surface area contributed by atoms with Crippen LogP contribution in [0.1, 0.15) is 46.0 Å². The Balaban J connectivity index is 2.16. The molecule has 1 heterocycles. The van der Waals surface area contributed by atoms with Gasteiger partial charge in [-0.25, -0.2) is 0 Å². The highest BCUT2D eigenvalue weighted by atomic mass is 16.5. The van der Waals surface area contributed by atoms with Crippen molar-refractivity contribution in [3.63, 3.8) is 0 Å². The molecule has 1 aliphatic rings. The molecular weight excluding hydrogens is 218 g/mol. The zero-order valence-corrected chi connectivity index (χ0v) is 11.0. The first-order valence-corrected chi connectivity index (χ1v) is 6.69. The van der Waals surface area contributed by atoms with Crippen LogP contribution < -0.4 is 5.73 Å². The third kappa shape index (κ3) is 5.04. The summed E-state index contributed by atoms with van der Waals surface area (Å²) >= 11 is 0. The number of carbonyl (C=O) groups excluding carboxylic acids is 1. The molecule has 3 unspecified atom stereocenters. The maximum atomic E-state index is 11.8. The molecule has 4 heteroatoms. The number of ether oxygens (including phenoxy) is 2. The van der Waals surface area contributed by atoms with Crippen molar-refractivity contribution in [1.29, 1.82) is 0 Å². The van der Waals surface area contributed by atoms with Gasteiger partial charge in [0.15, 0.2) is 0 Å². The van der Waals surface area contributed by atoms with Crippen molar-refractivity contribution in [2.24, 2.45) is 11.7 Å². The summed E-state index contributed by atoms with van der Waals surface area (Å²) in [5, 5.41) is 0. The minimum Gasteiger partial charge on any atom is -0.462 e. The Morgan fingerprint density at radius 2 is 2.18 bits per heavy atom. The predicted molar refractivity (Wildman–Crippen MR) is 66.6 cm³/mol. The first-order chi connectivity index (χ1) is 8.15. The maximum Gasteiger partial charge on any atom is 0.313 e. The fourth-order valence-electron chi connectivity index (χ4n) is 2.02. The molecule has 0 aliphatic carbocycles. The molecule has 0 saturated carbocycles. The van der Waals surface area contributed by atoms with E-state index in [1.165, 1.54) is 19.3 Å². The molecule has 1 rings (SSSR count). The standard InChI is InChI=1S/C13H25NO3/c1-3-4-5-6-7-10(2)17-13(15)11-8-16-9-12(11)14/h10-12H,3-9,14H2,1-2H3. The molecule has 0 aromatic heterocycles. The molecule has 4 nitrogen and oxygen atoms in total. The van der Waals surface area contributed by atoms with Gasteiger partial charge in [-0.15, -0.1) is 0 Å². The average molecular weight is 243 g/mol. The van der Waals surface area contributed by atoms with Crippen LogP contribution >= 0.6 is 0 Å². The monoisotopic (exact) mass is 243 g/mol. The topological polar surface area (TPSA) is 61.5 Å². The van der Waals surface area contributed by atoms with Gasteiger partial charge < -0.3 is 15.2 Å². The van der Waals surface area contributed by atoms with Gasteiger partial charge in [-0.3, -0.25) is 4.79 Å². The Hall–Kier alpha value is -0.610. The smallest absolute Gasteiger partial charge is 0.313 e. The average Bonchev–Trinajstić information content (AvgIpc) is 2.71. The third-order valence-corrected chi connectivity index (χ3v) is 3.21. The summed E-state index contributed by atoms with van der Waals surface area (Å²) in [7, 11) is 0. The van der Waals surface area contributed by atoms with E-state index in [-0.39, 0.29) is 24.0 Å². The number of hydrogen-bond acceptors (Lipinski definition) is 4. The van der Waals surface area contributed by atoms with Crippen molar-refractivity contribution >= 4 is 5.97 Å². The van der Waals surface area contributed by atoms with Crippen molar-refractivity contribution in [3.8, 4) is 0 Å². The van der Waals surface area contributed by atoms with Crippen LogP contribution in [0.5, 0.6) is 0 Å². The highest BCUT2D eigenvalue weighted by Gasteiger charge is 2.33. The lowest BCUT2D eigenvalue weighted by Gasteiger charge is -2.17. The van der Waals surface area contributed by atoms with Gasteiger partial charge >= 0.3 is 5.97 Å². The molecule has 0 spiro atoms. The Morgan fingerprint density at radius 1 is 1.41 bits per heavy atom. The normalized spacial score (nSPS) is 25.8. The maximum absolute atomic E-state index is 11.8. The van der Waals surface area contributed by atoms with Gasteiger partial charge in [0, 0.05) is 6.04 Å². The first-order valence-electron chi connectivity index (χ1n) is 6.69. The van der Waals surface area contributed by atoms with Crippen LogP contribution in [-0.4, -0.2) is 31.3 Å². The zero-order chi connectivity index (χ0) is 12.7. The summed E-state index contributed by atoms with van der Waals surface area (Å²) in [6.45, 7) is 5.00. The van der Waals surface area contributed by atoms with Crippen LogP contribution in [0.3, 0.4) is 0 Å². The van der Waals surface area contributed by atoms with Crippen LogP contribution in [-0.2, 0) is 14.3 Å². The number of carbonyl (C=O) groups is 1. The fraction of sp³-hybridized carbons (Fsp3) is 0.923. The van der Waals surface area contributed by atoms with Gasteiger partial charge in [0.2, 0.25) is 0 Å². The van der Waals surface area contributed by atoms with E-state index in [1.807, 2.05) is 6.92 Å². The summed E-state index contributed by atoms with van der Waals surface area (Å²) in [6.07, 6.45) is 5.74. The van der Waals surface area contributed by atoms with E-state index in [9.17, 15) is 4.79 Å². The molecule has 0 aromatic carbocycles. The first kappa shape index (κ1) is 14.5. The highest BCUT2D eigenvalue weighted by molar-refractivity contribution is 5.74. The van der Waals surface area contributed by atoms with Crippen molar-refractivity contribution in [2.75, 3.05) is 13.2 Å². The van der Waals surface area contributed by atoms with E-state index >= 15 is 0 Å². The van der Waals surface area contributed by atoms with Crippen molar-refractivity contribution in [3.05, 3.63) is 0 Å². The molecule has 100 valence electrons. The van der Waals surface area contributed by atoms with Crippen LogP contribution in [0.25, 0.3) is 0 Å².